The van der Waals surface area contributed by atoms with Crippen LogP contribution in [0, 0.1) is 25.2 Å². The Morgan fingerprint density at radius 2 is 1.93 bits per heavy atom. The molecular formula is C21H28N4O3. The van der Waals surface area contributed by atoms with E-state index in [9.17, 15) is 4.79 Å². The largest absolute Gasteiger partial charge is 0.490 e. The quantitative estimate of drug-likeness (QED) is 0.673. The van der Waals surface area contributed by atoms with Crippen molar-refractivity contribution < 1.29 is 14.3 Å². The smallest absolute Gasteiger partial charge is 0.224 e. The van der Waals surface area contributed by atoms with E-state index in [2.05, 4.69) is 16.5 Å². The van der Waals surface area contributed by atoms with Gasteiger partial charge in [0, 0.05) is 23.9 Å². The fourth-order valence-corrected chi connectivity index (χ4v) is 3.06. The van der Waals surface area contributed by atoms with Crippen LogP contribution in [0.4, 0.5) is 5.69 Å². The number of aryl methyl sites for hydroxylation is 2. The van der Waals surface area contributed by atoms with E-state index in [1.807, 2.05) is 38.4 Å². The van der Waals surface area contributed by atoms with Gasteiger partial charge in [-0.2, -0.15) is 10.4 Å². The second-order valence-electron chi connectivity index (χ2n) is 6.36. The second-order valence-corrected chi connectivity index (χ2v) is 6.36. The topological polar surface area (TPSA) is 89.2 Å². The summed E-state index contributed by atoms with van der Waals surface area (Å²) in [5, 5.41) is 16.1. The van der Waals surface area contributed by atoms with Crippen LogP contribution in [0.3, 0.4) is 0 Å². The van der Waals surface area contributed by atoms with Crippen molar-refractivity contribution in [1.82, 2.24) is 9.78 Å². The molecule has 150 valence electrons. The number of rotatable bonds is 10. The highest BCUT2D eigenvalue weighted by Crippen LogP contribution is 2.30. The average molecular weight is 384 g/mol. The zero-order valence-electron chi connectivity index (χ0n) is 17.0. The van der Waals surface area contributed by atoms with Crippen LogP contribution < -0.4 is 14.8 Å². The zero-order valence-corrected chi connectivity index (χ0v) is 17.0. The van der Waals surface area contributed by atoms with E-state index in [0.29, 0.717) is 56.2 Å². The van der Waals surface area contributed by atoms with Crippen molar-refractivity contribution in [2.24, 2.45) is 0 Å². The van der Waals surface area contributed by atoms with Crippen molar-refractivity contribution in [2.75, 3.05) is 18.5 Å². The lowest BCUT2D eigenvalue weighted by atomic mass is 10.1. The van der Waals surface area contributed by atoms with Gasteiger partial charge in [0.25, 0.3) is 0 Å². The molecule has 2 aromatic rings. The molecule has 0 atom stereocenters. The van der Waals surface area contributed by atoms with Crippen molar-refractivity contribution in [3.05, 3.63) is 35.2 Å². The van der Waals surface area contributed by atoms with Crippen LogP contribution in [-0.4, -0.2) is 28.9 Å². The number of carbonyl (C=O) groups excluding carboxylic acids is 1. The van der Waals surface area contributed by atoms with Crippen LogP contribution in [-0.2, 0) is 17.8 Å². The van der Waals surface area contributed by atoms with Crippen LogP contribution >= 0.6 is 0 Å². The molecule has 0 spiro atoms. The van der Waals surface area contributed by atoms with Gasteiger partial charge in [-0.05, 0) is 51.8 Å². The fraction of sp³-hybridized carbons (Fsp3) is 0.476. The van der Waals surface area contributed by atoms with E-state index in [1.165, 1.54) is 0 Å². The Hall–Kier alpha value is -3.01. The molecule has 28 heavy (non-hydrogen) atoms. The molecule has 2 rings (SSSR count). The van der Waals surface area contributed by atoms with Crippen LogP contribution in [0.25, 0.3) is 0 Å². The van der Waals surface area contributed by atoms with Gasteiger partial charge in [-0.3, -0.25) is 9.48 Å². The summed E-state index contributed by atoms with van der Waals surface area (Å²) in [6, 6.07) is 7.52. The maximum atomic E-state index is 12.4. The molecule has 1 N–H and O–H groups in total. The SMILES string of the molecule is CCOc1ccc(NC(=O)CCc2c(C)nn(CCC#N)c2C)cc1OCC. The number of hydrogen-bond acceptors (Lipinski definition) is 5. The first-order valence-corrected chi connectivity index (χ1v) is 9.59. The number of ether oxygens (including phenoxy) is 2. The molecule has 1 amide bonds. The van der Waals surface area contributed by atoms with Crippen LogP contribution in [0.5, 0.6) is 11.5 Å². The third-order valence-corrected chi connectivity index (χ3v) is 4.40. The molecule has 0 saturated carbocycles. The van der Waals surface area contributed by atoms with Gasteiger partial charge in [0.05, 0.1) is 37.9 Å². The highest BCUT2D eigenvalue weighted by Gasteiger charge is 2.14. The molecule has 0 saturated heterocycles. The van der Waals surface area contributed by atoms with E-state index in [4.69, 9.17) is 14.7 Å². The number of benzene rings is 1. The van der Waals surface area contributed by atoms with E-state index >= 15 is 0 Å². The summed E-state index contributed by atoms with van der Waals surface area (Å²) in [6.45, 7) is 9.37. The molecule has 0 bridgehead atoms. The summed E-state index contributed by atoms with van der Waals surface area (Å²) < 4.78 is 13.0. The lowest BCUT2D eigenvalue weighted by Gasteiger charge is -2.13. The normalized spacial score (nSPS) is 10.4. The molecule has 1 aromatic carbocycles. The molecule has 1 heterocycles. The van der Waals surface area contributed by atoms with E-state index in [0.717, 1.165) is 17.0 Å². The summed E-state index contributed by atoms with van der Waals surface area (Å²) >= 11 is 0. The third-order valence-electron chi connectivity index (χ3n) is 4.40. The van der Waals surface area contributed by atoms with Crippen LogP contribution in [0.15, 0.2) is 18.2 Å². The predicted octanol–water partition coefficient (Wildman–Crippen LogP) is 3.78. The van der Waals surface area contributed by atoms with Crippen molar-refractivity contribution in [1.29, 1.82) is 5.26 Å². The van der Waals surface area contributed by atoms with E-state index < -0.39 is 0 Å². The summed E-state index contributed by atoms with van der Waals surface area (Å²) in [5.41, 5.74) is 3.66. The number of nitriles is 1. The molecule has 0 aliphatic rings. The Labute approximate surface area is 166 Å². The minimum absolute atomic E-state index is 0.0739. The van der Waals surface area contributed by atoms with Crippen molar-refractivity contribution in [2.45, 2.75) is 53.5 Å². The molecule has 0 radical (unpaired) electrons. The van der Waals surface area contributed by atoms with Crippen LogP contribution in [0.2, 0.25) is 0 Å². The predicted molar refractivity (Wildman–Crippen MR) is 108 cm³/mol. The van der Waals surface area contributed by atoms with Gasteiger partial charge in [0.2, 0.25) is 5.91 Å². The van der Waals surface area contributed by atoms with Gasteiger partial charge < -0.3 is 14.8 Å². The van der Waals surface area contributed by atoms with Gasteiger partial charge in [0.15, 0.2) is 11.5 Å². The van der Waals surface area contributed by atoms with E-state index in [1.54, 1.807) is 12.1 Å². The summed E-state index contributed by atoms with van der Waals surface area (Å²) in [6.07, 6.45) is 1.37. The Kier molecular flexibility index (Phi) is 7.88. The Bertz CT molecular complexity index is 852. The highest BCUT2D eigenvalue weighted by atomic mass is 16.5. The maximum Gasteiger partial charge on any atom is 0.224 e. The van der Waals surface area contributed by atoms with Gasteiger partial charge >= 0.3 is 0 Å². The summed E-state index contributed by atoms with van der Waals surface area (Å²) in [7, 11) is 0. The molecule has 0 unspecified atom stereocenters. The first kappa shape index (κ1) is 21.3. The molecule has 0 fully saturated rings. The lowest BCUT2D eigenvalue weighted by Crippen LogP contribution is -2.13. The molecule has 0 aliphatic heterocycles. The number of nitrogens with one attached hydrogen (secondary N) is 1. The van der Waals surface area contributed by atoms with Gasteiger partial charge in [-0.15, -0.1) is 0 Å². The Morgan fingerprint density at radius 3 is 2.61 bits per heavy atom. The first-order valence-electron chi connectivity index (χ1n) is 9.59. The summed E-state index contributed by atoms with van der Waals surface area (Å²) in [5.74, 6) is 1.21. The van der Waals surface area contributed by atoms with Crippen molar-refractivity contribution in [3.8, 4) is 17.6 Å². The Morgan fingerprint density at radius 1 is 1.21 bits per heavy atom. The number of aromatic nitrogens is 2. The lowest BCUT2D eigenvalue weighted by molar-refractivity contribution is -0.116. The van der Waals surface area contributed by atoms with Crippen LogP contribution in [0.1, 0.15) is 43.6 Å². The summed E-state index contributed by atoms with van der Waals surface area (Å²) in [4.78, 5) is 12.4. The number of carbonyl (C=O) groups is 1. The molecular weight excluding hydrogens is 356 g/mol. The zero-order chi connectivity index (χ0) is 20.5. The molecule has 7 nitrogen and oxygen atoms in total. The minimum atomic E-state index is -0.0739. The van der Waals surface area contributed by atoms with Gasteiger partial charge in [-0.25, -0.2) is 0 Å². The number of anilines is 1. The number of hydrogen-bond donors (Lipinski definition) is 1. The maximum absolute atomic E-state index is 12.4. The second kappa shape index (κ2) is 10.4. The Balaban J connectivity index is 2.00. The van der Waals surface area contributed by atoms with Gasteiger partial charge in [0.1, 0.15) is 0 Å². The molecule has 1 aromatic heterocycles. The van der Waals surface area contributed by atoms with Crippen molar-refractivity contribution in [3.63, 3.8) is 0 Å². The monoisotopic (exact) mass is 384 g/mol. The third kappa shape index (κ3) is 5.49. The average Bonchev–Trinajstić information content (AvgIpc) is 2.94. The van der Waals surface area contributed by atoms with E-state index in [-0.39, 0.29) is 5.91 Å². The molecule has 7 heteroatoms. The molecule has 0 aliphatic carbocycles. The fourth-order valence-electron chi connectivity index (χ4n) is 3.06. The van der Waals surface area contributed by atoms with Crippen molar-refractivity contribution >= 4 is 11.6 Å². The number of nitrogens with zero attached hydrogens (tertiary/aromatic N) is 3. The number of amides is 1. The standard InChI is InChI=1S/C21H28N4O3/c1-5-27-19-10-8-17(14-20(19)28-6-2)23-21(26)11-9-18-15(3)24-25(16(18)4)13-7-12-22/h8,10,14H,5-7,9,11,13H2,1-4H3,(H,23,26). The first-order chi connectivity index (χ1) is 13.5. The van der Waals surface area contributed by atoms with Gasteiger partial charge in [-0.1, -0.05) is 0 Å². The highest BCUT2D eigenvalue weighted by molar-refractivity contribution is 5.91. The minimum Gasteiger partial charge on any atom is -0.490 e.